The van der Waals surface area contributed by atoms with Crippen molar-refractivity contribution >= 4 is 38.7 Å². The van der Waals surface area contributed by atoms with E-state index < -0.39 is 14.9 Å². The number of benzene rings is 3. The third-order valence-corrected chi connectivity index (χ3v) is 8.09. The quantitative estimate of drug-likeness (QED) is 0.243. The van der Waals surface area contributed by atoms with Crippen LogP contribution in [0.4, 0.5) is 17.1 Å². The zero-order valence-electron chi connectivity index (χ0n) is 18.6. The summed E-state index contributed by atoms with van der Waals surface area (Å²) in [6.07, 6.45) is 4.91. The number of methoxy groups -OCH3 is 1. The van der Waals surface area contributed by atoms with Crippen molar-refractivity contribution < 1.29 is 18.1 Å². The first-order valence-corrected chi connectivity index (χ1v) is 12.8. The Morgan fingerprint density at radius 2 is 1.97 bits per heavy atom. The van der Waals surface area contributed by atoms with Gasteiger partial charge in [-0.1, -0.05) is 35.9 Å². The molecule has 0 unspecified atom stereocenters. The molecule has 10 heteroatoms. The van der Waals surface area contributed by atoms with Crippen LogP contribution in [-0.2, 0) is 10.0 Å². The molecule has 1 heterocycles. The van der Waals surface area contributed by atoms with Crippen LogP contribution < -0.4 is 14.8 Å². The standard InChI is InChI=1S/C25H22ClN3O5S/c1-34-24-11-8-15(12-23(24)29(30)31)25-20-7-3-6-19(20)21-14-18(9-10-22(21)27-25)35(32,33)28-17-5-2-4-16(26)13-17/h2-6,8-14,19-20,25,27-28H,7H2,1H3/t19-,20+,25+/m0/s1. The van der Waals surface area contributed by atoms with Gasteiger partial charge in [-0.3, -0.25) is 14.8 Å². The molecule has 0 saturated carbocycles. The number of nitrogens with zero attached hydrogens (tertiary/aromatic N) is 1. The summed E-state index contributed by atoms with van der Waals surface area (Å²) in [7, 11) is -2.43. The molecule has 0 aromatic heterocycles. The molecular formula is C25H22ClN3O5S. The molecule has 2 N–H and O–H groups in total. The topological polar surface area (TPSA) is 111 Å². The van der Waals surface area contributed by atoms with Crippen molar-refractivity contribution in [2.45, 2.75) is 23.3 Å². The van der Waals surface area contributed by atoms with E-state index in [9.17, 15) is 18.5 Å². The van der Waals surface area contributed by atoms with Gasteiger partial charge in [0.05, 0.1) is 28.7 Å². The Labute approximate surface area is 207 Å². The molecule has 3 atom stereocenters. The first-order valence-electron chi connectivity index (χ1n) is 10.9. The number of ether oxygens (including phenoxy) is 1. The fourth-order valence-electron chi connectivity index (χ4n) is 4.88. The van der Waals surface area contributed by atoms with Crippen LogP contribution in [0.3, 0.4) is 0 Å². The molecule has 35 heavy (non-hydrogen) atoms. The minimum atomic E-state index is -3.83. The Morgan fingerprint density at radius 1 is 1.14 bits per heavy atom. The van der Waals surface area contributed by atoms with Gasteiger partial charge in [0, 0.05) is 22.7 Å². The minimum Gasteiger partial charge on any atom is -0.490 e. The van der Waals surface area contributed by atoms with Crippen LogP contribution in [-0.4, -0.2) is 20.5 Å². The van der Waals surface area contributed by atoms with Gasteiger partial charge in [-0.25, -0.2) is 8.42 Å². The second kappa shape index (κ2) is 8.90. The van der Waals surface area contributed by atoms with E-state index in [-0.39, 0.29) is 34.2 Å². The maximum atomic E-state index is 13.1. The Morgan fingerprint density at radius 3 is 2.71 bits per heavy atom. The summed E-state index contributed by atoms with van der Waals surface area (Å²) in [4.78, 5) is 11.2. The monoisotopic (exact) mass is 511 g/mol. The van der Waals surface area contributed by atoms with Crippen molar-refractivity contribution in [2.75, 3.05) is 17.1 Å². The molecule has 0 fully saturated rings. The van der Waals surface area contributed by atoms with E-state index in [1.165, 1.54) is 7.11 Å². The minimum absolute atomic E-state index is 0.0290. The maximum Gasteiger partial charge on any atom is 0.311 e. The number of hydrogen-bond donors (Lipinski definition) is 2. The predicted molar refractivity (Wildman–Crippen MR) is 135 cm³/mol. The molecule has 0 saturated heterocycles. The summed E-state index contributed by atoms with van der Waals surface area (Å²) in [6.45, 7) is 0. The van der Waals surface area contributed by atoms with Crippen molar-refractivity contribution in [3.8, 4) is 5.75 Å². The molecule has 0 radical (unpaired) electrons. The van der Waals surface area contributed by atoms with Gasteiger partial charge in [0.2, 0.25) is 0 Å². The van der Waals surface area contributed by atoms with Crippen molar-refractivity contribution in [3.05, 3.63) is 99.1 Å². The van der Waals surface area contributed by atoms with Crippen LogP contribution in [0.15, 0.2) is 77.7 Å². The third kappa shape index (κ3) is 4.33. The fourth-order valence-corrected chi connectivity index (χ4v) is 6.15. The Balaban J connectivity index is 1.49. The molecule has 5 rings (SSSR count). The molecule has 1 aliphatic heterocycles. The van der Waals surface area contributed by atoms with Gasteiger partial charge in [0.25, 0.3) is 10.0 Å². The SMILES string of the molecule is COc1ccc([C@H]2Nc3ccc(S(=O)(=O)Nc4cccc(Cl)c4)cc3[C@H]3C=CC[C@H]32)cc1[N+](=O)[O-]. The molecule has 0 bridgehead atoms. The first-order chi connectivity index (χ1) is 16.8. The number of fused-ring (bicyclic) bond motifs is 3. The number of halogens is 1. The Bertz CT molecular complexity index is 1460. The van der Waals surface area contributed by atoms with E-state index in [1.807, 2.05) is 6.07 Å². The molecule has 2 aliphatic rings. The van der Waals surface area contributed by atoms with E-state index in [0.29, 0.717) is 10.7 Å². The lowest BCUT2D eigenvalue weighted by Crippen LogP contribution is -2.29. The van der Waals surface area contributed by atoms with Crippen LogP contribution in [0.2, 0.25) is 5.02 Å². The fraction of sp³-hybridized carbons (Fsp3) is 0.200. The second-order valence-corrected chi connectivity index (χ2v) is 10.6. The second-order valence-electron chi connectivity index (χ2n) is 8.53. The molecule has 0 amide bonds. The summed E-state index contributed by atoms with van der Waals surface area (Å²) in [5, 5.41) is 15.5. The smallest absolute Gasteiger partial charge is 0.311 e. The zero-order chi connectivity index (χ0) is 24.7. The summed E-state index contributed by atoms with van der Waals surface area (Å²) in [5.41, 5.74) is 2.74. The average molecular weight is 512 g/mol. The number of hydrogen-bond acceptors (Lipinski definition) is 6. The average Bonchev–Trinajstić information content (AvgIpc) is 3.33. The van der Waals surface area contributed by atoms with E-state index in [4.69, 9.17) is 16.3 Å². The van der Waals surface area contributed by atoms with E-state index in [0.717, 1.165) is 23.2 Å². The number of nitrogens with one attached hydrogen (secondary N) is 2. The lowest BCUT2D eigenvalue weighted by molar-refractivity contribution is -0.385. The van der Waals surface area contributed by atoms with Crippen LogP contribution >= 0.6 is 11.6 Å². The Hall–Kier alpha value is -3.56. The lowest BCUT2D eigenvalue weighted by Gasteiger charge is -2.37. The molecule has 0 spiro atoms. The van der Waals surface area contributed by atoms with Crippen molar-refractivity contribution in [1.29, 1.82) is 0 Å². The third-order valence-electron chi connectivity index (χ3n) is 6.48. The van der Waals surface area contributed by atoms with Crippen LogP contribution in [0.1, 0.15) is 29.5 Å². The van der Waals surface area contributed by atoms with Gasteiger partial charge < -0.3 is 10.1 Å². The molecule has 3 aromatic rings. The highest BCUT2D eigenvalue weighted by atomic mass is 35.5. The number of anilines is 2. The van der Waals surface area contributed by atoms with Crippen molar-refractivity contribution in [3.63, 3.8) is 0 Å². The number of sulfonamides is 1. The van der Waals surface area contributed by atoms with Crippen LogP contribution in [0.5, 0.6) is 5.75 Å². The molecular weight excluding hydrogens is 490 g/mol. The molecule has 1 aliphatic carbocycles. The number of nitro benzene ring substituents is 1. The highest BCUT2D eigenvalue weighted by Gasteiger charge is 2.39. The highest BCUT2D eigenvalue weighted by molar-refractivity contribution is 7.92. The largest absolute Gasteiger partial charge is 0.490 e. The zero-order valence-corrected chi connectivity index (χ0v) is 20.2. The lowest BCUT2D eigenvalue weighted by atomic mass is 9.77. The Kier molecular flexibility index (Phi) is 5.90. The predicted octanol–water partition coefficient (Wildman–Crippen LogP) is 5.88. The summed E-state index contributed by atoms with van der Waals surface area (Å²) >= 11 is 5.99. The first kappa shape index (κ1) is 23.2. The molecule has 180 valence electrons. The van der Waals surface area contributed by atoms with Crippen LogP contribution in [0, 0.1) is 16.0 Å². The molecule has 3 aromatic carbocycles. The summed E-state index contributed by atoms with van der Waals surface area (Å²) in [5.74, 6) is 0.256. The maximum absolute atomic E-state index is 13.1. The van der Waals surface area contributed by atoms with Gasteiger partial charge in [-0.2, -0.15) is 0 Å². The van der Waals surface area contributed by atoms with Gasteiger partial charge in [-0.05, 0) is 65.9 Å². The van der Waals surface area contributed by atoms with Crippen molar-refractivity contribution in [1.82, 2.24) is 0 Å². The van der Waals surface area contributed by atoms with Crippen LogP contribution in [0.25, 0.3) is 0 Å². The van der Waals surface area contributed by atoms with Gasteiger partial charge in [0.15, 0.2) is 5.75 Å². The van der Waals surface area contributed by atoms with Crippen molar-refractivity contribution in [2.24, 2.45) is 5.92 Å². The summed E-state index contributed by atoms with van der Waals surface area (Å²) < 4.78 is 33.9. The van der Waals surface area contributed by atoms with Gasteiger partial charge in [-0.15, -0.1) is 0 Å². The van der Waals surface area contributed by atoms with E-state index >= 15 is 0 Å². The van der Waals surface area contributed by atoms with Gasteiger partial charge in [0.1, 0.15) is 0 Å². The normalized spacial score (nSPS) is 20.5. The van der Waals surface area contributed by atoms with E-state index in [1.54, 1.807) is 54.6 Å². The number of nitro groups is 1. The number of rotatable bonds is 6. The summed E-state index contributed by atoms with van der Waals surface area (Å²) in [6, 6.07) is 16.3. The van der Waals surface area contributed by atoms with E-state index in [2.05, 4.69) is 22.2 Å². The molecule has 8 nitrogen and oxygen atoms in total. The van der Waals surface area contributed by atoms with Gasteiger partial charge >= 0.3 is 5.69 Å². The highest BCUT2D eigenvalue weighted by Crippen LogP contribution is 2.51. The number of allylic oxidation sites excluding steroid dienone is 2.